The Kier molecular flexibility index (Phi) is 3.04. The fourth-order valence-corrected chi connectivity index (χ4v) is 1.53. The standard InChI is InChI=1S/C11H11ClN2O/c12-10-3-1-8(2-4-10)5-11(15)9-6-13-14-7-9/h1-4,6-7,11,15H,5H2,(H,13,14). The molecule has 2 N–H and O–H groups in total. The zero-order valence-corrected chi connectivity index (χ0v) is 8.78. The molecule has 0 aliphatic carbocycles. The summed E-state index contributed by atoms with van der Waals surface area (Å²) >= 11 is 5.77. The summed E-state index contributed by atoms with van der Waals surface area (Å²) in [5.74, 6) is 0. The number of nitrogens with zero attached hydrogens (tertiary/aromatic N) is 1. The molecule has 3 nitrogen and oxygen atoms in total. The second-order valence-corrected chi connectivity index (χ2v) is 3.81. The van der Waals surface area contributed by atoms with Crippen LogP contribution >= 0.6 is 11.6 Å². The van der Waals surface area contributed by atoms with Crippen LogP contribution in [0.1, 0.15) is 17.2 Å². The Morgan fingerprint density at radius 1 is 1.33 bits per heavy atom. The van der Waals surface area contributed by atoms with Crippen LogP contribution in [0.2, 0.25) is 5.02 Å². The zero-order chi connectivity index (χ0) is 10.7. The van der Waals surface area contributed by atoms with E-state index in [4.69, 9.17) is 11.6 Å². The molecule has 0 aliphatic heterocycles. The lowest BCUT2D eigenvalue weighted by Crippen LogP contribution is -2.00. The second-order valence-electron chi connectivity index (χ2n) is 3.38. The molecule has 0 bridgehead atoms. The van der Waals surface area contributed by atoms with Gasteiger partial charge in [0.2, 0.25) is 0 Å². The molecule has 0 amide bonds. The Hall–Kier alpha value is -1.32. The van der Waals surface area contributed by atoms with Crippen molar-refractivity contribution in [3.63, 3.8) is 0 Å². The third kappa shape index (κ3) is 2.58. The summed E-state index contributed by atoms with van der Waals surface area (Å²) in [4.78, 5) is 0. The van der Waals surface area contributed by atoms with E-state index in [1.807, 2.05) is 24.3 Å². The minimum absolute atomic E-state index is 0.523. The van der Waals surface area contributed by atoms with E-state index >= 15 is 0 Å². The minimum Gasteiger partial charge on any atom is -0.388 e. The molecule has 0 fully saturated rings. The molecule has 0 radical (unpaired) electrons. The highest BCUT2D eigenvalue weighted by molar-refractivity contribution is 6.30. The predicted octanol–water partition coefficient (Wildman–Crippen LogP) is 2.34. The van der Waals surface area contributed by atoms with Crippen molar-refractivity contribution >= 4 is 11.6 Å². The molecule has 1 heterocycles. The van der Waals surface area contributed by atoms with Crippen LogP contribution in [-0.2, 0) is 6.42 Å². The van der Waals surface area contributed by atoms with Gasteiger partial charge < -0.3 is 5.11 Å². The van der Waals surface area contributed by atoms with E-state index in [1.54, 1.807) is 12.4 Å². The summed E-state index contributed by atoms with van der Waals surface area (Å²) in [6.45, 7) is 0. The van der Waals surface area contributed by atoms with Crippen LogP contribution in [0.4, 0.5) is 0 Å². The molecule has 0 spiro atoms. The SMILES string of the molecule is OC(Cc1ccc(Cl)cc1)c1cn[nH]c1. The summed E-state index contributed by atoms with van der Waals surface area (Å²) in [7, 11) is 0. The van der Waals surface area contributed by atoms with Crippen LogP contribution in [0.15, 0.2) is 36.7 Å². The highest BCUT2D eigenvalue weighted by atomic mass is 35.5. The highest BCUT2D eigenvalue weighted by Gasteiger charge is 2.09. The number of rotatable bonds is 3. The molecular weight excluding hydrogens is 212 g/mol. The van der Waals surface area contributed by atoms with Gasteiger partial charge in [-0.25, -0.2) is 0 Å². The topological polar surface area (TPSA) is 48.9 Å². The van der Waals surface area contributed by atoms with Crippen LogP contribution < -0.4 is 0 Å². The number of H-pyrrole nitrogens is 1. The normalized spacial score (nSPS) is 12.7. The van der Waals surface area contributed by atoms with Crippen molar-refractivity contribution in [2.75, 3.05) is 0 Å². The van der Waals surface area contributed by atoms with Gasteiger partial charge in [0.1, 0.15) is 0 Å². The fourth-order valence-electron chi connectivity index (χ4n) is 1.40. The molecule has 1 aromatic carbocycles. The molecule has 2 aromatic rings. The first-order chi connectivity index (χ1) is 7.25. The van der Waals surface area contributed by atoms with Crippen molar-refractivity contribution in [2.24, 2.45) is 0 Å². The third-order valence-corrected chi connectivity index (χ3v) is 2.50. The number of benzene rings is 1. The van der Waals surface area contributed by atoms with Gasteiger partial charge in [-0.1, -0.05) is 23.7 Å². The average Bonchev–Trinajstić information content (AvgIpc) is 2.74. The summed E-state index contributed by atoms with van der Waals surface area (Å²) in [5, 5.41) is 17.0. The van der Waals surface area contributed by atoms with Crippen LogP contribution in [-0.4, -0.2) is 15.3 Å². The Labute approximate surface area is 92.7 Å². The molecule has 1 aromatic heterocycles. The Bertz CT molecular complexity index is 411. The van der Waals surface area contributed by atoms with Gasteiger partial charge in [-0.3, -0.25) is 5.10 Å². The predicted molar refractivity (Wildman–Crippen MR) is 58.7 cm³/mol. The molecule has 1 atom stereocenters. The molecule has 15 heavy (non-hydrogen) atoms. The van der Waals surface area contributed by atoms with E-state index in [0.29, 0.717) is 11.4 Å². The number of hydrogen-bond donors (Lipinski definition) is 2. The van der Waals surface area contributed by atoms with Gasteiger partial charge >= 0.3 is 0 Å². The number of aromatic amines is 1. The van der Waals surface area contributed by atoms with Gasteiger partial charge in [0.05, 0.1) is 12.3 Å². The molecule has 0 aliphatic rings. The highest BCUT2D eigenvalue weighted by Crippen LogP contribution is 2.18. The number of aliphatic hydroxyl groups is 1. The molecule has 0 saturated heterocycles. The van der Waals surface area contributed by atoms with E-state index in [-0.39, 0.29) is 0 Å². The maximum absolute atomic E-state index is 9.84. The van der Waals surface area contributed by atoms with Gasteiger partial charge in [0.15, 0.2) is 0 Å². The molecule has 2 rings (SSSR count). The maximum Gasteiger partial charge on any atom is 0.0860 e. The van der Waals surface area contributed by atoms with Crippen molar-refractivity contribution in [3.8, 4) is 0 Å². The molecule has 78 valence electrons. The number of halogens is 1. The van der Waals surface area contributed by atoms with Gasteiger partial charge in [-0.15, -0.1) is 0 Å². The van der Waals surface area contributed by atoms with E-state index in [0.717, 1.165) is 11.1 Å². The zero-order valence-electron chi connectivity index (χ0n) is 8.02. The Morgan fingerprint density at radius 2 is 2.07 bits per heavy atom. The van der Waals surface area contributed by atoms with Gasteiger partial charge in [-0.05, 0) is 17.7 Å². The van der Waals surface area contributed by atoms with Crippen LogP contribution in [0.3, 0.4) is 0 Å². The Morgan fingerprint density at radius 3 is 2.67 bits per heavy atom. The van der Waals surface area contributed by atoms with Gasteiger partial charge in [0, 0.05) is 23.2 Å². The summed E-state index contributed by atoms with van der Waals surface area (Å²) in [5.41, 5.74) is 1.85. The number of aromatic nitrogens is 2. The van der Waals surface area contributed by atoms with Crippen LogP contribution in [0.5, 0.6) is 0 Å². The van der Waals surface area contributed by atoms with E-state index in [1.165, 1.54) is 0 Å². The lowest BCUT2D eigenvalue weighted by molar-refractivity contribution is 0.178. The summed E-state index contributed by atoms with van der Waals surface area (Å²) in [6.07, 6.45) is 3.36. The minimum atomic E-state index is -0.523. The van der Waals surface area contributed by atoms with Gasteiger partial charge in [0.25, 0.3) is 0 Å². The molecular formula is C11H11ClN2O. The van der Waals surface area contributed by atoms with E-state index < -0.39 is 6.10 Å². The number of hydrogen-bond acceptors (Lipinski definition) is 2. The molecule has 4 heteroatoms. The fraction of sp³-hybridized carbons (Fsp3) is 0.182. The first-order valence-electron chi connectivity index (χ1n) is 4.67. The van der Waals surface area contributed by atoms with Crippen LogP contribution in [0.25, 0.3) is 0 Å². The van der Waals surface area contributed by atoms with Crippen molar-refractivity contribution < 1.29 is 5.11 Å². The summed E-state index contributed by atoms with van der Waals surface area (Å²) < 4.78 is 0. The largest absolute Gasteiger partial charge is 0.388 e. The maximum atomic E-state index is 9.84. The van der Waals surface area contributed by atoms with Gasteiger partial charge in [-0.2, -0.15) is 5.10 Å². The quantitative estimate of drug-likeness (QED) is 0.838. The molecule has 0 saturated carbocycles. The van der Waals surface area contributed by atoms with Crippen molar-refractivity contribution in [3.05, 3.63) is 52.8 Å². The monoisotopic (exact) mass is 222 g/mol. The van der Waals surface area contributed by atoms with E-state index in [2.05, 4.69) is 10.2 Å². The van der Waals surface area contributed by atoms with Crippen molar-refractivity contribution in [1.82, 2.24) is 10.2 Å². The number of nitrogens with one attached hydrogen (secondary N) is 1. The van der Waals surface area contributed by atoms with Crippen molar-refractivity contribution in [2.45, 2.75) is 12.5 Å². The molecule has 1 unspecified atom stereocenters. The smallest absolute Gasteiger partial charge is 0.0860 e. The lowest BCUT2D eigenvalue weighted by atomic mass is 10.0. The average molecular weight is 223 g/mol. The Balaban J connectivity index is 2.06. The van der Waals surface area contributed by atoms with Crippen LogP contribution in [0, 0.1) is 0 Å². The third-order valence-electron chi connectivity index (χ3n) is 2.25. The summed E-state index contributed by atoms with van der Waals surface area (Å²) in [6, 6.07) is 7.45. The van der Waals surface area contributed by atoms with Crippen molar-refractivity contribution in [1.29, 1.82) is 0 Å². The first kappa shape index (κ1) is 10.2. The lowest BCUT2D eigenvalue weighted by Gasteiger charge is -2.07. The van der Waals surface area contributed by atoms with E-state index in [9.17, 15) is 5.11 Å². The number of aliphatic hydroxyl groups excluding tert-OH is 1. The second kappa shape index (κ2) is 4.47. The first-order valence-corrected chi connectivity index (χ1v) is 5.04.